The van der Waals surface area contributed by atoms with Crippen LogP contribution in [-0.4, -0.2) is 30.3 Å². The van der Waals surface area contributed by atoms with Crippen LogP contribution < -0.4 is 15.2 Å². The highest BCUT2D eigenvalue weighted by Gasteiger charge is 2.21. The first-order valence-corrected chi connectivity index (χ1v) is 5.18. The topological polar surface area (TPSA) is 122 Å². The highest BCUT2D eigenvalue weighted by atomic mass is 16.6. The van der Waals surface area contributed by atoms with Gasteiger partial charge in [0.25, 0.3) is 11.6 Å². The maximum Gasteiger partial charge on any atom is 0.283 e. The van der Waals surface area contributed by atoms with Crippen molar-refractivity contribution in [3.8, 4) is 11.5 Å². The summed E-state index contributed by atoms with van der Waals surface area (Å²) in [7, 11) is 1.30. The maximum absolute atomic E-state index is 10.9. The van der Waals surface area contributed by atoms with Crippen molar-refractivity contribution in [3.05, 3.63) is 27.8 Å². The second kappa shape index (κ2) is 5.80. The highest BCUT2D eigenvalue weighted by Crippen LogP contribution is 2.34. The van der Waals surface area contributed by atoms with Gasteiger partial charge < -0.3 is 15.2 Å². The van der Waals surface area contributed by atoms with E-state index in [1.54, 1.807) is 0 Å². The first kappa shape index (κ1) is 14.4. The fourth-order valence-electron chi connectivity index (χ4n) is 1.32. The molecule has 0 aliphatic heterocycles. The lowest BCUT2D eigenvalue weighted by atomic mass is 10.1. The molecule has 0 saturated carbocycles. The lowest BCUT2D eigenvalue weighted by Gasteiger charge is -2.14. The van der Waals surface area contributed by atoms with Crippen molar-refractivity contribution in [2.45, 2.75) is 13.0 Å². The van der Waals surface area contributed by atoms with Crippen molar-refractivity contribution in [1.29, 1.82) is 0 Å². The van der Waals surface area contributed by atoms with Crippen molar-refractivity contribution < 1.29 is 24.0 Å². The third-order valence-electron chi connectivity index (χ3n) is 2.34. The molecule has 102 valence electrons. The minimum Gasteiger partial charge on any atom is -0.493 e. The van der Waals surface area contributed by atoms with Gasteiger partial charge in [-0.25, -0.2) is 0 Å². The summed E-state index contributed by atoms with van der Waals surface area (Å²) in [6.45, 7) is 1.39. The molecule has 0 aliphatic rings. The van der Waals surface area contributed by atoms with Crippen molar-refractivity contribution in [3.63, 3.8) is 0 Å². The predicted octanol–water partition coefficient (Wildman–Crippen LogP) is 0.668. The third-order valence-corrected chi connectivity index (χ3v) is 2.34. The first-order valence-electron chi connectivity index (χ1n) is 5.18. The summed E-state index contributed by atoms with van der Waals surface area (Å²) in [5.74, 6) is -0.670. The van der Waals surface area contributed by atoms with Gasteiger partial charge in [-0.1, -0.05) is 0 Å². The first-order chi connectivity index (χ1) is 8.90. The number of primary amides is 1. The number of carbonyl (C=O) groups excluding carboxylic acids is 2. The van der Waals surface area contributed by atoms with E-state index in [0.717, 1.165) is 12.1 Å². The molecule has 0 aromatic heterocycles. The largest absolute Gasteiger partial charge is 0.493 e. The van der Waals surface area contributed by atoms with Gasteiger partial charge >= 0.3 is 0 Å². The average molecular weight is 268 g/mol. The minimum atomic E-state index is -0.990. The second-order valence-corrected chi connectivity index (χ2v) is 3.60. The number of amides is 1. The molecule has 8 heteroatoms. The Hall–Kier alpha value is -2.64. The number of ether oxygens (including phenoxy) is 2. The molecule has 0 saturated heterocycles. The molecule has 1 atom stereocenters. The Morgan fingerprint density at radius 3 is 2.53 bits per heavy atom. The number of nitrogens with two attached hydrogens (primary N) is 1. The van der Waals surface area contributed by atoms with Crippen LogP contribution in [-0.2, 0) is 4.79 Å². The lowest BCUT2D eigenvalue weighted by molar-refractivity contribution is -0.385. The predicted molar refractivity (Wildman–Crippen MR) is 64.3 cm³/mol. The quantitative estimate of drug-likeness (QED) is 0.459. The van der Waals surface area contributed by atoms with Crippen LogP contribution in [0.3, 0.4) is 0 Å². The summed E-state index contributed by atoms with van der Waals surface area (Å²) < 4.78 is 10.1. The van der Waals surface area contributed by atoms with E-state index in [4.69, 9.17) is 15.2 Å². The molecule has 1 unspecified atom stereocenters. The molecular formula is C11H12N2O6. The van der Waals surface area contributed by atoms with Gasteiger partial charge in [0, 0.05) is 6.07 Å². The molecule has 0 radical (unpaired) electrons. The van der Waals surface area contributed by atoms with Gasteiger partial charge in [0.2, 0.25) is 0 Å². The zero-order chi connectivity index (χ0) is 14.6. The summed E-state index contributed by atoms with van der Waals surface area (Å²) in [6, 6.07) is 2.18. The van der Waals surface area contributed by atoms with Crippen LogP contribution in [0, 0.1) is 10.1 Å². The van der Waals surface area contributed by atoms with Gasteiger partial charge in [0.05, 0.1) is 23.7 Å². The molecule has 8 nitrogen and oxygen atoms in total. The number of hydrogen-bond donors (Lipinski definition) is 1. The summed E-state index contributed by atoms with van der Waals surface area (Å²) in [5.41, 5.74) is 4.44. The van der Waals surface area contributed by atoms with Crippen molar-refractivity contribution >= 4 is 17.9 Å². The molecule has 0 bridgehead atoms. The van der Waals surface area contributed by atoms with Crippen LogP contribution in [0.5, 0.6) is 11.5 Å². The van der Waals surface area contributed by atoms with E-state index in [-0.39, 0.29) is 17.1 Å². The highest BCUT2D eigenvalue weighted by molar-refractivity contribution is 5.83. The monoisotopic (exact) mass is 268 g/mol. The summed E-state index contributed by atoms with van der Waals surface area (Å²) in [4.78, 5) is 31.8. The minimum absolute atomic E-state index is 0.0360. The number of hydrogen-bond acceptors (Lipinski definition) is 6. The van der Waals surface area contributed by atoms with Gasteiger partial charge in [-0.3, -0.25) is 19.7 Å². The summed E-state index contributed by atoms with van der Waals surface area (Å²) in [5, 5.41) is 10.8. The molecule has 1 aromatic carbocycles. The van der Waals surface area contributed by atoms with Crippen LogP contribution in [0.4, 0.5) is 5.69 Å². The Morgan fingerprint density at radius 1 is 1.47 bits per heavy atom. The molecule has 1 rings (SSSR count). The van der Waals surface area contributed by atoms with E-state index in [0.29, 0.717) is 6.29 Å². The van der Waals surface area contributed by atoms with Crippen LogP contribution in [0.25, 0.3) is 0 Å². The van der Waals surface area contributed by atoms with E-state index < -0.39 is 22.6 Å². The molecular weight excluding hydrogens is 256 g/mol. The number of benzene rings is 1. The van der Waals surface area contributed by atoms with Crippen LogP contribution >= 0.6 is 0 Å². The van der Waals surface area contributed by atoms with Gasteiger partial charge in [0.1, 0.15) is 0 Å². The zero-order valence-corrected chi connectivity index (χ0v) is 10.3. The van der Waals surface area contributed by atoms with Gasteiger partial charge in [0.15, 0.2) is 23.9 Å². The van der Waals surface area contributed by atoms with E-state index in [9.17, 15) is 19.7 Å². The number of rotatable bonds is 6. The standard InChI is InChI=1S/C11H12N2O6/c1-6(11(12)15)19-10-4-8(13(16)17)7(5-14)3-9(10)18-2/h3-6H,1-2H3,(H2,12,15). The number of aldehydes is 1. The molecule has 0 aliphatic carbocycles. The Morgan fingerprint density at radius 2 is 2.11 bits per heavy atom. The smallest absolute Gasteiger partial charge is 0.283 e. The molecule has 1 aromatic rings. The Labute approximate surface area is 108 Å². The van der Waals surface area contributed by atoms with Gasteiger partial charge in [-0.05, 0) is 6.92 Å². The van der Waals surface area contributed by atoms with Gasteiger partial charge in [-0.2, -0.15) is 0 Å². The molecule has 0 heterocycles. The number of nitrogens with zero attached hydrogens (tertiary/aromatic N) is 1. The van der Waals surface area contributed by atoms with Crippen molar-refractivity contribution in [2.24, 2.45) is 5.73 Å². The second-order valence-electron chi connectivity index (χ2n) is 3.60. The summed E-state index contributed by atoms with van der Waals surface area (Å²) in [6.07, 6.45) is -0.655. The molecule has 2 N–H and O–H groups in total. The maximum atomic E-state index is 10.9. The van der Waals surface area contributed by atoms with Crippen molar-refractivity contribution in [1.82, 2.24) is 0 Å². The van der Waals surface area contributed by atoms with Crippen LogP contribution in [0.1, 0.15) is 17.3 Å². The molecule has 0 spiro atoms. The normalized spacial score (nSPS) is 11.5. The number of nitro groups is 1. The van der Waals surface area contributed by atoms with E-state index in [1.165, 1.54) is 14.0 Å². The summed E-state index contributed by atoms with van der Waals surface area (Å²) >= 11 is 0. The Kier molecular flexibility index (Phi) is 4.41. The Balaban J connectivity index is 3.29. The number of carbonyl (C=O) groups is 2. The average Bonchev–Trinajstić information content (AvgIpc) is 2.37. The molecule has 1 amide bonds. The van der Waals surface area contributed by atoms with E-state index >= 15 is 0 Å². The van der Waals surface area contributed by atoms with E-state index in [1.807, 2.05) is 0 Å². The Bertz CT molecular complexity index is 528. The number of methoxy groups -OCH3 is 1. The molecule has 0 fully saturated rings. The SMILES string of the molecule is COc1cc(C=O)c([N+](=O)[O-])cc1OC(C)C(N)=O. The zero-order valence-electron chi connectivity index (χ0n) is 10.3. The molecule has 19 heavy (non-hydrogen) atoms. The van der Waals surface area contributed by atoms with Crippen LogP contribution in [0.2, 0.25) is 0 Å². The fraction of sp³-hybridized carbons (Fsp3) is 0.273. The number of nitro benzene ring substituents is 1. The van der Waals surface area contributed by atoms with Gasteiger partial charge in [-0.15, -0.1) is 0 Å². The van der Waals surface area contributed by atoms with Crippen molar-refractivity contribution in [2.75, 3.05) is 7.11 Å². The lowest BCUT2D eigenvalue weighted by Crippen LogP contribution is -2.30. The van der Waals surface area contributed by atoms with Crippen LogP contribution in [0.15, 0.2) is 12.1 Å². The third kappa shape index (κ3) is 3.18. The van der Waals surface area contributed by atoms with E-state index in [2.05, 4.69) is 0 Å². The fourth-order valence-corrected chi connectivity index (χ4v) is 1.32.